The van der Waals surface area contributed by atoms with E-state index >= 15 is 0 Å². The Kier molecular flexibility index (Phi) is 4.42. The Morgan fingerprint density at radius 2 is 2.04 bits per heavy atom. The third-order valence-electron chi connectivity index (χ3n) is 4.22. The van der Waals surface area contributed by atoms with Crippen molar-refractivity contribution in [1.29, 1.82) is 0 Å². The van der Waals surface area contributed by atoms with Crippen LogP contribution in [0.15, 0.2) is 48.8 Å². The second-order valence-electron chi connectivity index (χ2n) is 6.18. The first-order valence-corrected chi connectivity index (χ1v) is 10.3. The monoisotopic (exact) mass is 389 g/mol. The molecule has 1 saturated heterocycles. The minimum absolute atomic E-state index is 0.0811. The van der Waals surface area contributed by atoms with Gasteiger partial charge < -0.3 is 10.1 Å². The van der Waals surface area contributed by atoms with Gasteiger partial charge in [-0.3, -0.25) is 0 Å². The number of pyridine rings is 2. The molecule has 1 fully saturated rings. The van der Waals surface area contributed by atoms with Gasteiger partial charge in [0, 0.05) is 11.6 Å². The van der Waals surface area contributed by atoms with Gasteiger partial charge in [0.2, 0.25) is 0 Å². The third-order valence-corrected chi connectivity index (χ3v) is 6.18. The number of sulfone groups is 1. The molecule has 0 aliphatic carbocycles. The highest BCUT2D eigenvalue weighted by atomic mass is 35.5. The lowest BCUT2D eigenvalue weighted by Gasteiger charge is -2.14. The summed E-state index contributed by atoms with van der Waals surface area (Å²) in [5.41, 5.74) is 0.783. The smallest absolute Gasteiger partial charge is 0.154 e. The number of ether oxygens (including phenoxy) is 1. The maximum Gasteiger partial charge on any atom is 0.154 e. The summed E-state index contributed by atoms with van der Waals surface area (Å²) in [6, 6.07) is 11.1. The molecule has 0 bridgehead atoms. The Balaban J connectivity index is 1.58. The zero-order chi connectivity index (χ0) is 18.1. The molecule has 3 heterocycles. The summed E-state index contributed by atoms with van der Waals surface area (Å²) in [6.07, 6.45) is 3.60. The van der Waals surface area contributed by atoms with Crippen molar-refractivity contribution in [2.24, 2.45) is 0 Å². The minimum Gasteiger partial charge on any atom is -0.489 e. The molecule has 6 nitrogen and oxygen atoms in total. The highest BCUT2D eigenvalue weighted by molar-refractivity contribution is 7.91. The number of rotatable bonds is 4. The summed E-state index contributed by atoms with van der Waals surface area (Å²) in [7, 11) is -2.96. The maximum atomic E-state index is 11.6. The van der Waals surface area contributed by atoms with Crippen LogP contribution in [0.2, 0.25) is 5.15 Å². The van der Waals surface area contributed by atoms with E-state index in [-0.39, 0.29) is 17.6 Å². The van der Waals surface area contributed by atoms with Crippen molar-refractivity contribution in [3.63, 3.8) is 0 Å². The zero-order valence-corrected chi connectivity index (χ0v) is 15.3. The molecular formula is C18H16ClN3O3S. The van der Waals surface area contributed by atoms with Crippen LogP contribution in [0.1, 0.15) is 6.42 Å². The van der Waals surface area contributed by atoms with Crippen LogP contribution in [0.4, 0.5) is 11.5 Å². The third kappa shape index (κ3) is 3.73. The number of hydrogen-bond acceptors (Lipinski definition) is 6. The molecule has 0 radical (unpaired) electrons. The predicted octanol–water partition coefficient (Wildman–Crippen LogP) is 3.59. The number of anilines is 2. The van der Waals surface area contributed by atoms with Gasteiger partial charge in [0.1, 0.15) is 22.8 Å². The van der Waals surface area contributed by atoms with E-state index in [1.54, 1.807) is 18.5 Å². The number of nitrogens with zero attached hydrogens (tertiary/aromatic N) is 2. The largest absolute Gasteiger partial charge is 0.489 e. The summed E-state index contributed by atoms with van der Waals surface area (Å²) >= 11 is 5.81. The lowest BCUT2D eigenvalue weighted by molar-refractivity contribution is 0.229. The fourth-order valence-electron chi connectivity index (χ4n) is 2.96. The molecule has 0 amide bonds. The van der Waals surface area contributed by atoms with Crippen LogP contribution in [0, 0.1) is 0 Å². The second-order valence-corrected chi connectivity index (χ2v) is 8.80. The SMILES string of the molecule is O=S1(=O)CC[C@@H](Oc2ccc3c(Nc4ccc(Cl)nc4)nccc3c2)C1. The first kappa shape index (κ1) is 17.1. The van der Waals surface area contributed by atoms with Gasteiger partial charge in [-0.05, 0) is 48.2 Å². The highest BCUT2D eigenvalue weighted by Crippen LogP contribution is 2.29. The molecule has 1 aliphatic heterocycles. The van der Waals surface area contributed by atoms with Crippen molar-refractivity contribution >= 4 is 43.7 Å². The molecule has 8 heteroatoms. The Morgan fingerprint density at radius 3 is 2.77 bits per heavy atom. The van der Waals surface area contributed by atoms with E-state index in [0.29, 0.717) is 23.1 Å². The molecule has 0 spiro atoms. The summed E-state index contributed by atoms with van der Waals surface area (Å²) in [5, 5.41) is 5.52. The molecule has 1 aromatic carbocycles. The van der Waals surface area contributed by atoms with E-state index in [9.17, 15) is 8.42 Å². The molecule has 1 N–H and O–H groups in total. The molecule has 26 heavy (non-hydrogen) atoms. The van der Waals surface area contributed by atoms with E-state index in [1.165, 1.54) is 0 Å². The number of nitrogens with one attached hydrogen (secondary N) is 1. The van der Waals surface area contributed by atoms with Crippen LogP contribution in [0.3, 0.4) is 0 Å². The Hall–Kier alpha value is -2.38. The molecular weight excluding hydrogens is 374 g/mol. The fraction of sp³-hybridized carbons (Fsp3) is 0.222. The normalized spacial score (nSPS) is 18.7. The first-order chi connectivity index (χ1) is 12.5. The van der Waals surface area contributed by atoms with Crippen LogP contribution in [0.25, 0.3) is 10.8 Å². The van der Waals surface area contributed by atoms with Gasteiger partial charge in [-0.1, -0.05) is 11.6 Å². The van der Waals surface area contributed by atoms with Crippen molar-refractivity contribution < 1.29 is 13.2 Å². The van der Waals surface area contributed by atoms with E-state index in [2.05, 4.69) is 15.3 Å². The summed E-state index contributed by atoms with van der Waals surface area (Å²) in [5.74, 6) is 1.63. The maximum absolute atomic E-state index is 11.6. The van der Waals surface area contributed by atoms with E-state index < -0.39 is 9.84 Å². The van der Waals surface area contributed by atoms with E-state index in [4.69, 9.17) is 16.3 Å². The van der Waals surface area contributed by atoms with Gasteiger partial charge in [0.25, 0.3) is 0 Å². The average Bonchev–Trinajstić information content (AvgIpc) is 2.95. The molecule has 1 atom stereocenters. The van der Waals surface area contributed by atoms with Crippen molar-refractivity contribution in [3.05, 3.63) is 53.9 Å². The molecule has 0 saturated carbocycles. The first-order valence-electron chi connectivity index (χ1n) is 8.13. The van der Waals surface area contributed by atoms with Crippen LogP contribution in [-0.2, 0) is 9.84 Å². The number of aromatic nitrogens is 2. The summed E-state index contributed by atoms with van der Waals surface area (Å²) in [4.78, 5) is 8.43. The average molecular weight is 390 g/mol. The Labute approximate surface area is 156 Å². The number of halogens is 1. The topological polar surface area (TPSA) is 81.2 Å². The number of hydrogen-bond donors (Lipinski definition) is 1. The standard InChI is InChI=1S/C18H16ClN3O3S/c19-17-4-1-13(10-21-17)22-18-16-3-2-14(9-12(16)5-7-20-18)25-15-6-8-26(23,24)11-15/h1-5,7,9-10,15H,6,8,11H2,(H,20,22)/t15-/m1/s1. The fourth-order valence-corrected chi connectivity index (χ4v) is 4.66. The summed E-state index contributed by atoms with van der Waals surface area (Å²) in [6.45, 7) is 0. The van der Waals surface area contributed by atoms with Gasteiger partial charge in [0.15, 0.2) is 9.84 Å². The second kappa shape index (κ2) is 6.74. The van der Waals surface area contributed by atoms with Crippen molar-refractivity contribution in [2.75, 3.05) is 16.8 Å². The lowest BCUT2D eigenvalue weighted by atomic mass is 10.1. The van der Waals surface area contributed by atoms with Gasteiger partial charge in [-0.25, -0.2) is 18.4 Å². The zero-order valence-electron chi connectivity index (χ0n) is 13.7. The van der Waals surface area contributed by atoms with E-state index in [0.717, 1.165) is 16.5 Å². The van der Waals surface area contributed by atoms with Gasteiger partial charge >= 0.3 is 0 Å². The van der Waals surface area contributed by atoms with Gasteiger partial charge in [-0.15, -0.1) is 0 Å². The summed E-state index contributed by atoms with van der Waals surface area (Å²) < 4.78 is 29.0. The lowest BCUT2D eigenvalue weighted by Crippen LogP contribution is -2.17. The minimum atomic E-state index is -2.96. The quantitative estimate of drug-likeness (QED) is 0.687. The van der Waals surface area contributed by atoms with Crippen molar-refractivity contribution in [2.45, 2.75) is 12.5 Å². The predicted molar refractivity (Wildman–Crippen MR) is 102 cm³/mol. The highest BCUT2D eigenvalue weighted by Gasteiger charge is 2.29. The number of benzene rings is 1. The molecule has 3 aromatic rings. The van der Waals surface area contributed by atoms with Gasteiger partial charge in [-0.2, -0.15) is 0 Å². The molecule has 1 aliphatic rings. The van der Waals surface area contributed by atoms with Crippen LogP contribution < -0.4 is 10.1 Å². The molecule has 4 rings (SSSR count). The van der Waals surface area contributed by atoms with Crippen LogP contribution >= 0.6 is 11.6 Å². The Bertz CT molecular complexity index is 1050. The molecule has 134 valence electrons. The Morgan fingerprint density at radius 1 is 1.15 bits per heavy atom. The molecule has 0 unspecified atom stereocenters. The van der Waals surface area contributed by atoms with Crippen LogP contribution in [-0.4, -0.2) is 36.0 Å². The van der Waals surface area contributed by atoms with Crippen molar-refractivity contribution in [1.82, 2.24) is 9.97 Å². The number of fused-ring (bicyclic) bond motifs is 1. The van der Waals surface area contributed by atoms with Crippen LogP contribution in [0.5, 0.6) is 5.75 Å². The van der Waals surface area contributed by atoms with E-state index in [1.807, 2.05) is 30.3 Å². The van der Waals surface area contributed by atoms with Gasteiger partial charge in [0.05, 0.1) is 23.4 Å². The van der Waals surface area contributed by atoms with Crippen molar-refractivity contribution in [3.8, 4) is 5.75 Å². The molecule has 2 aromatic heterocycles.